The Morgan fingerprint density at radius 2 is 1.07 bits per heavy atom. The molecule has 148 valence electrons. The number of halogens is 4. The Morgan fingerprint density at radius 3 is 1.43 bits per heavy atom. The van der Waals surface area contributed by atoms with Gasteiger partial charge in [-0.2, -0.15) is 0 Å². The van der Waals surface area contributed by atoms with E-state index in [2.05, 4.69) is 9.98 Å². The third kappa shape index (κ3) is 6.66. The summed E-state index contributed by atoms with van der Waals surface area (Å²) < 4.78 is 5.88. The Bertz CT molecular complexity index is 910. The second-order valence-electron chi connectivity index (χ2n) is 5.51. The van der Waals surface area contributed by atoms with Gasteiger partial charge in [0.1, 0.15) is 11.5 Å². The van der Waals surface area contributed by atoms with Crippen molar-refractivity contribution < 1.29 is 17.6 Å². The quantitative estimate of drug-likeness (QED) is 0.264. The molecule has 8 heteroatoms. The van der Waals surface area contributed by atoms with E-state index < -0.39 is 0 Å². The summed E-state index contributed by atoms with van der Waals surface area (Å²) in [5.74, 6) is 1.34. The first kappa shape index (κ1) is 23.0. The third-order valence-electron chi connectivity index (χ3n) is 3.60. The van der Waals surface area contributed by atoms with E-state index in [4.69, 9.17) is 47.8 Å². The summed E-state index contributed by atoms with van der Waals surface area (Å²) in [6, 6.07) is 18.6. The van der Waals surface area contributed by atoms with Crippen LogP contribution in [0, 0.1) is 0 Å². The van der Waals surface area contributed by atoms with Crippen LogP contribution in [0.2, 0.25) is 10.0 Å². The Morgan fingerprint density at radius 1 is 0.714 bits per heavy atom. The van der Waals surface area contributed by atoms with Crippen LogP contribution in [0.5, 0.6) is 0 Å². The normalized spacial score (nSPS) is 11.9. The van der Waals surface area contributed by atoms with Gasteiger partial charge in [0, 0.05) is 0 Å². The maximum atomic E-state index is 6.15. The molecule has 0 fully saturated rings. The fourth-order valence-corrected chi connectivity index (χ4v) is 2.64. The Hall–Kier alpha value is -1.26. The molecule has 0 radical (unpaired) electrons. The number of furan rings is 1. The van der Waals surface area contributed by atoms with Crippen molar-refractivity contribution in [3.05, 3.63) is 82.2 Å². The molecule has 0 spiro atoms. The van der Waals surface area contributed by atoms with Crippen molar-refractivity contribution in [2.45, 2.75) is 13.8 Å². The second kappa shape index (κ2) is 11.7. The summed E-state index contributed by atoms with van der Waals surface area (Å²) in [7, 11) is 9.53. The molecule has 1 heterocycles. The van der Waals surface area contributed by atoms with Gasteiger partial charge in [0.25, 0.3) is 0 Å². The van der Waals surface area contributed by atoms with Gasteiger partial charge in [-0.05, 0) is 50.2 Å². The number of benzene rings is 2. The van der Waals surface area contributed by atoms with Gasteiger partial charge < -0.3 is 4.42 Å². The average Bonchev–Trinajstić information content (AvgIpc) is 3.17. The first-order valence-corrected chi connectivity index (χ1v) is 11.8. The Kier molecular flexibility index (Phi) is 9.60. The SMILES string of the molecule is CC(=Nc1ccccc1Cl)c1ccc(C(C)=Nc2ccccc2Cl)o1.[Cl][Fe][Cl]. The van der Waals surface area contributed by atoms with Crippen LogP contribution < -0.4 is 0 Å². The van der Waals surface area contributed by atoms with Crippen LogP contribution >= 0.6 is 43.4 Å². The molecule has 28 heavy (non-hydrogen) atoms. The van der Waals surface area contributed by atoms with Crippen LogP contribution in [0.15, 0.2) is 75.1 Å². The Labute approximate surface area is 189 Å². The van der Waals surface area contributed by atoms with Gasteiger partial charge in [-0.15, -0.1) is 0 Å². The topological polar surface area (TPSA) is 37.9 Å². The van der Waals surface area contributed by atoms with Crippen molar-refractivity contribution in [2.75, 3.05) is 0 Å². The van der Waals surface area contributed by atoms with Crippen molar-refractivity contribution in [3.8, 4) is 0 Å². The molecule has 0 saturated carbocycles. The van der Waals surface area contributed by atoms with Gasteiger partial charge in [-0.25, -0.2) is 9.98 Å². The van der Waals surface area contributed by atoms with Crippen molar-refractivity contribution in [3.63, 3.8) is 0 Å². The summed E-state index contributed by atoms with van der Waals surface area (Å²) in [6.45, 7) is 3.76. The fourth-order valence-electron chi connectivity index (χ4n) is 2.28. The molecule has 3 rings (SSSR count). The van der Waals surface area contributed by atoms with Crippen LogP contribution in [-0.4, -0.2) is 11.4 Å². The van der Waals surface area contributed by atoms with Crippen LogP contribution in [0.4, 0.5) is 11.4 Å². The summed E-state index contributed by atoms with van der Waals surface area (Å²) in [6.07, 6.45) is 0. The van der Waals surface area contributed by atoms with Gasteiger partial charge in [0.2, 0.25) is 0 Å². The van der Waals surface area contributed by atoms with Crippen LogP contribution in [0.1, 0.15) is 25.4 Å². The number of aliphatic imine (C=N–C) groups is 2. The molecule has 3 nitrogen and oxygen atoms in total. The van der Waals surface area contributed by atoms with Gasteiger partial charge >= 0.3 is 33.3 Å². The molecule has 0 N–H and O–H groups in total. The number of hydrogen-bond acceptors (Lipinski definition) is 3. The number of hydrogen-bond donors (Lipinski definition) is 0. The van der Waals surface area contributed by atoms with Crippen molar-refractivity contribution in [2.24, 2.45) is 9.98 Å². The fraction of sp³-hybridized carbons (Fsp3) is 0.100. The molecule has 0 atom stereocenters. The molecule has 0 unspecified atom stereocenters. The van der Waals surface area contributed by atoms with Gasteiger partial charge in [0.15, 0.2) is 0 Å². The predicted octanol–water partition coefficient (Wildman–Crippen LogP) is 8.24. The number of nitrogens with zero attached hydrogens (tertiary/aromatic N) is 2. The van der Waals surface area contributed by atoms with Crippen molar-refractivity contribution in [1.29, 1.82) is 0 Å². The number of para-hydroxylation sites is 2. The maximum absolute atomic E-state index is 6.15. The monoisotopic (exact) mass is 496 g/mol. The van der Waals surface area contributed by atoms with Gasteiger partial charge in [-0.1, -0.05) is 47.5 Å². The van der Waals surface area contributed by atoms with Crippen LogP contribution in [0.3, 0.4) is 0 Å². The molecule has 0 amide bonds. The molecular formula is C20H16Cl4FeN2O. The van der Waals surface area contributed by atoms with Crippen molar-refractivity contribution in [1.82, 2.24) is 0 Å². The average molecular weight is 498 g/mol. The zero-order valence-electron chi connectivity index (χ0n) is 14.9. The van der Waals surface area contributed by atoms with Crippen LogP contribution in [0.25, 0.3) is 0 Å². The molecular weight excluding hydrogens is 482 g/mol. The van der Waals surface area contributed by atoms with E-state index in [9.17, 15) is 0 Å². The molecule has 1 aromatic heterocycles. The van der Waals surface area contributed by atoms with E-state index >= 15 is 0 Å². The predicted molar refractivity (Wildman–Crippen MR) is 117 cm³/mol. The van der Waals surface area contributed by atoms with E-state index in [-0.39, 0.29) is 13.1 Å². The molecule has 0 saturated heterocycles. The van der Waals surface area contributed by atoms with Gasteiger partial charge in [-0.3, -0.25) is 0 Å². The molecule has 0 aliphatic carbocycles. The summed E-state index contributed by atoms with van der Waals surface area (Å²) in [5, 5.41) is 1.20. The molecule has 0 aliphatic heterocycles. The second-order valence-corrected chi connectivity index (χ2v) is 8.15. The third-order valence-corrected chi connectivity index (χ3v) is 4.24. The first-order valence-electron chi connectivity index (χ1n) is 8.01. The number of rotatable bonds is 4. The zero-order valence-corrected chi connectivity index (χ0v) is 19.1. The van der Waals surface area contributed by atoms with E-state index in [1.807, 2.05) is 74.5 Å². The van der Waals surface area contributed by atoms with Gasteiger partial charge in [0.05, 0.1) is 32.8 Å². The summed E-state index contributed by atoms with van der Waals surface area (Å²) >= 11 is 12.5. The molecule has 3 aromatic rings. The van der Waals surface area contributed by atoms with Crippen LogP contribution in [-0.2, 0) is 13.1 Å². The Balaban J connectivity index is 0.000000878. The van der Waals surface area contributed by atoms with E-state index in [0.29, 0.717) is 32.9 Å². The molecule has 2 aromatic carbocycles. The molecule has 0 bridgehead atoms. The minimum absolute atomic E-state index is 0.194. The zero-order chi connectivity index (χ0) is 20.5. The first-order chi connectivity index (χ1) is 13.5. The summed E-state index contributed by atoms with van der Waals surface area (Å²) in [5.41, 5.74) is 2.90. The van der Waals surface area contributed by atoms with Crippen molar-refractivity contribution >= 4 is 66.2 Å². The minimum atomic E-state index is 0.194. The standard InChI is InChI=1S/C20H16Cl2N2O.2ClH.Fe/c1-13(23-17-9-5-3-7-15(17)21)19-11-12-20(25-19)14(2)24-18-10-6-4-8-16(18)22;;;/h3-12H,1-2H3;2*1H;/q;;;+2/p-2. The van der Waals surface area contributed by atoms with E-state index in [0.717, 1.165) is 11.4 Å². The van der Waals surface area contributed by atoms with E-state index in [1.54, 1.807) is 0 Å². The summed E-state index contributed by atoms with van der Waals surface area (Å²) in [4.78, 5) is 9.06. The molecule has 0 aliphatic rings. The van der Waals surface area contributed by atoms with E-state index in [1.165, 1.54) is 0 Å².